The summed E-state index contributed by atoms with van der Waals surface area (Å²) in [7, 11) is 3.22. The van der Waals surface area contributed by atoms with Crippen molar-refractivity contribution in [2.75, 3.05) is 14.2 Å². The second-order valence-electron chi connectivity index (χ2n) is 4.44. The number of thiophene rings is 1. The third-order valence-electron chi connectivity index (χ3n) is 3.08. The van der Waals surface area contributed by atoms with E-state index in [1.807, 2.05) is 30.5 Å². The zero-order valence-electron chi connectivity index (χ0n) is 12.0. The highest BCUT2D eigenvalue weighted by atomic mass is 79.9. The molecule has 0 radical (unpaired) electrons. The molecular weight excluding hydrogens is 354 g/mol. The van der Waals surface area contributed by atoms with Crippen LogP contribution in [-0.4, -0.2) is 20.1 Å². The van der Waals surface area contributed by atoms with Crippen molar-refractivity contribution in [2.24, 2.45) is 0 Å². The van der Waals surface area contributed by atoms with Crippen LogP contribution in [0, 0.1) is 0 Å². The molecule has 1 atom stereocenters. The van der Waals surface area contributed by atoms with Crippen LogP contribution in [0.15, 0.2) is 33.4 Å². The number of benzene rings is 1. The second-order valence-corrected chi connectivity index (χ2v) is 6.73. The molecule has 21 heavy (non-hydrogen) atoms. The predicted molar refractivity (Wildman–Crippen MR) is 87.4 cm³/mol. The molecule has 1 aromatic heterocycles. The SMILES string of the molecule is COc1ccc(OC)c(C(C)NC(=O)c2csc(Br)c2)c1. The molecular formula is C15H16BrNO3S. The minimum absolute atomic E-state index is 0.116. The number of nitrogens with one attached hydrogen (secondary N) is 1. The van der Waals surface area contributed by atoms with Gasteiger partial charge in [-0.2, -0.15) is 0 Å². The van der Waals surface area contributed by atoms with E-state index in [1.54, 1.807) is 20.3 Å². The Bertz CT molecular complexity index is 642. The molecule has 1 unspecified atom stereocenters. The maximum atomic E-state index is 12.2. The Morgan fingerprint density at radius 2 is 2.05 bits per heavy atom. The van der Waals surface area contributed by atoms with Crippen LogP contribution in [0.25, 0.3) is 0 Å². The van der Waals surface area contributed by atoms with Gasteiger partial charge in [0.2, 0.25) is 0 Å². The maximum Gasteiger partial charge on any atom is 0.252 e. The fraction of sp³-hybridized carbons (Fsp3) is 0.267. The van der Waals surface area contributed by atoms with Gasteiger partial charge in [0.1, 0.15) is 11.5 Å². The van der Waals surface area contributed by atoms with Crippen molar-refractivity contribution in [1.29, 1.82) is 0 Å². The molecule has 4 nitrogen and oxygen atoms in total. The summed E-state index contributed by atoms with van der Waals surface area (Å²) in [5.41, 5.74) is 1.51. The average Bonchev–Trinajstić information content (AvgIpc) is 2.93. The molecule has 0 aliphatic carbocycles. The van der Waals surface area contributed by atoms with Crippen molar-refractivity contribution in [3.05, 3.63) is 44.6 Å². The molecule has 0 bridgehead atoms. The lowest BCUT2D eigenvalue weighted by molar-refractivity contribution is 0.0940. The van der Waals surface area contributed by atoms with E-state index >= 15 is 0 Å². The van der Waals surface area contributed by atoms with E-state index in [1.165, 1.54) is 11.3 Å². The van der Waals surface area contributed by atoms with Gasteiger partial charge in [-0.05, 0) is 47.1 Å². The molecule has 1 amide bonds. The quantitative estimate of drug-likeness (QED) is 0.865. The summed E-state index contributed by atoms with van der Waals surface area (Å²) in [6.07, 6.45) is 0. The van der Waals surface area contributed by atoms with E-state index in [2.05, 4.69) is 21.2 Å². The number of hydrogen-bond donors (Lipinski definition) is 1. The third kappa shape index (κ3) is 3.77. The highest BCUT2D eigenvalue weighted by molar-refractivity contribution is 9.11. The van der Waals surface area contributed by atoms with Crippen LogP contribution in [0.1, 0.15) is 28.9 Å². The molecule has 0 aliphatic heterocycles. The summed E-state index contributed by atoms with van der Waals surface area (Å²) >= 11 is 4.84. The summed E-state index contributed by atoms with van der Waals surface area (Å²) in [5.74, 6) is 1.33. The Hall–Kier alpha value is -1.53. The fourth-order valence-corrected chi connectivity index (χ4v) is 3.10. The van der Waals surface area contributed by atoms with Crippen LogP contribution in [0.2, 0.25) is 0 Å². The Labute approximate surface area is 136 Å². The normalized spacial score (nSPS) is 11.8. The van der Waals surface area contributed by atoms with Crippen molar-refractivity contribution in [3.8, 4) is 11.5 Å². The van der Waals surface area contributed by atoms with Crippen LogP contribution in [0.4, 0.5) is 0 Å². The van der Waals surface area contributed by atoms with Gasteiger partial charge in [-0.15, -0.1) is 11.3 Å². The zero-order valence-corrected chi connectivity index (χ0v) is 14.4. The first-order valence-corrected chi connectivity index (χ1v) is 7.99. The lowest BCUT2D eigenvalue weighted by Crippen LogP contribution is -2.26. The molecule has 112 valence electrons. The van der Waals surface area contributed by atoms with Gasteiger partial charge >= 0.3 is 0 Å². The summed E-state index contributed by atoms with van der Waals surface area (Å²) in [6.45, 7) is 1.91. The third-order valence-corrected chi connectivity index (χ3v) is 4.59. The number of rotatable bonds is 5. The van der Waals surface area contributed by atoms with Crippen LogP contribution < -0.4 is 14.8 Å². The number of carbonyl (C=O) groups is 1. The van der Waals surface area contributed by atoms with Crippen molar-refractivity contribution in [3.63, 3.8) is 0 Å². The predicted octanol–water partition coefficient (Wildman–Crippen LogP) is 4.02. The van der Waals surface area contributed by atoms with Gasteiger partial charge in [-0.3, -0.25) is 4.79 Å². The first-order chi connectivity index (χ1) is 10.0. The Morgan fingerprint density at radius 1 is 1.29 bits per heavy atom. The molecule has 2 aromatic rings. The monoisotopic (exact) mass is 369 g/mol. The van der Waals surface area contributed by atoms with Gasteiger partial charge in [0.15, 0.2) is 0 Å². The van der Waals surface area contributed by atoms with Crippen LogP contribution in [0.5, 0.6) is 11.5 Å². The van der Waals surface area contributed by atoms with Gasteiger partial charge in [-0.1, -0.05) is 0 Å². The van der Waals surface area contributed by atoms with E-state index in [0.29, 0.717) is 5.56 Å². The molecule has 0 fully saturated rings. The maximum absolute atomic E-state index is 12.2. The second kappa shape index (κ2) is 6.95. The highest BCUT2D eigenvalue weighted by Crippen LogP contribution is 2.29. The lowest BCUT2D eigenvalue weighted by Gasteiger charge is -2.18. The summed E-state index contributed by atoms with van der Waals surface area (Å²) in [6, 6.07) is 7.13. The highest BCUT2D eigenvalue weighted by Gasteiger charge is 2.16. The molecule has 0 aliphatic rings. The van der Waals surface area contributed by atoms with Crippen molar-refractivity contribution >= 4 is 33.2 Å². The Morgan fingerprint density at radius 3 is 2.62 bits per heavy atom. The minimum atomic E-state index is -0.193. The fourth-order valence-electron chi connectivity index (χ4n) is 1.96. The van der Waals surface area contributed by atoms with Crippen LogP contribution in [0.3, 0.4) is 0 Å². The zero-order chi connectivity index (χ0) is 15.4. The van der Waals surface area contributed by atoms with E-state index in [0.717, 1.165) is 20.8 Å². The lowest BCUT2D eigenvalue weighted by atomic mass is 10.1. The summed E-state index contributed by atoms with van der Waals surface area (Å²) < 4.78 is 11.5. The summed E-state index contributed by atoms with van der Waals surface area (Å²) in [4.78, 5) is 12.2. The Kier molecular flexibility index (Phi) is 5.25. The average molecular weight is 370 g/mol. The number of amides is 1. The molecule has 1 heterocycles. The molecule has 0 saturated carbocycles. The largest absolute Gasteiger partial charge is 0.497 e. The molecule has 0 spiro atoms. The summed E-state index contributed by atoms with van der Waals surface area (Å²) in [5, 5.41) is 4.78. The van der Waals surface area contributed by atoms with Gasteiger partial charge < -0.3 is 14.8 Å². The van der Waals surface area contributed by atoms with Crippen molar-refractivity contribution < 1.29 is 14.3 Å². The van der Waals surface area contributed by atoms with E-state index in [4.69, 9.17) is 9.47 Å². The Balaban J connectivity index is 2.19. The van der Waals surface area contributed by atoms with Gasteiger partial charge in [0.25, 0.3) is 5.91 Å². The van der Waals surface area contributed by atoms with Crippen LogP contribution >= 0.6 is 27.3 Å². The van der Waals surface area contributed by atoms with E-state index in [-0.39, 0.29) is 11.9 Å². The van der Waals surface area contributed by atoms with Crippen molar-refractivity contribution in [2.45, 2.75) is 13.0 Å². The van der Waals surface area contributed by atoms with Gasteiger partial charge in [0.05, 0.1) is 29.6 Å². The minimum Gasteiger partial charge on any atom is -0.497 e. The molecule has 0 saturated heterocycles. The van der Waals surface area contributed by atoms with E-state index < -0.39 is 0 Å². The molecule has 1 aromatic carbocycles. The molecule has 1 N–H and O–H groups in total. The van der Waals surface area contributed by atoms with E-state index in [9.17, 15) is 4.79 Å². The van der Waals surface area contributed by atoms with Gasteiger partial charge in [0, 0.05) is 10.9 Å². The molecule has 2 rings (SSSR count). The number of methoxy groups -OCH3 is 2. The van der Waals surface area contributed by atoms with Gasteiger partial charge in [-0.25, -0.2) is 0 Å². The number of ether oxygens (including phenoxy) is 2. The smallest absolute Gasteiger partial charge is 0.252 e. The number of halogens is 1. The molecule has 6 heteroatoms. The first-order valence-electron chi connectivity index (χ1n) is 6.32. The standard InChI is InChI=1S/C15H16BrNO3S/c1-9(17-15(18)10-6-14(16)21-8-10)12-7-11(19-2)4-5-13(12)20-3/h4-9H,1-3H3,(H,17,18). The van der Waals surface area contributed by atoms with Crippen molar-refractivity contribution in [1.82, 2.24) is 5.32 Å². The number of carbonyl (C=O) groups excluding carboxylic acids is 1. The number of hydrogen-bond acceptors (Lipinski definition) is 4. The first kappa shape index (κ1) is 15.9. The van der Waals surface area contributed by atoms with Crippen LogP contribution in [-0.2, 0) is 0 Å². The topological polar surface area (TPSA) is 47.6 Å².